The van der Waals surface area contributed by atoms with Gasteiger partial charge in [0.2, 0.25) is 5.91 Å². The zero-order chi connectivity index (χ0) is 26.2. The van der Waals surface area contributed by atoms with Crippen molar-refractivity contribution in [3.05, 3.63) is 29.6 Å². The number of carbonyl (C=O) groups excluding carboxylic acids is 3. The Morgan fingerprint density at radius 2 is 1.89 bits per heavy atom. The van der Waals surface area contributed by atoms with Crippen molar-refractivity contribution in [1.82, 2.24) is 20.4 Å². The largest absolute Gasteiger partial charge is 0.494 e. The highest BCUT2D eigenvalue weighted by molar-refractivity contribution is 5.80. The highest BCUT2D eigenvalue weighted by Crippen LogP contribution is 2.21. The lowest BCUT2D eigenvalue weighted by atomic mass is 9.96. The summed E-state index contributed by atoms with van der Waals surface area (Å²) in [6, 6.07) is 4.34. The summed E-state index contributed by atoms with van der Waals surface area (Å²) in [5.74, 6) is -0.855. The number of carbonyl (C=O) groups is 3. The lowest BCUT2D eigenvalue weighted by molar-refractivity contribution is -0.124. The van der Waals surface area contributed by atoms with Gasteiger partial charge >= 0.3 is 12.1 Å². The minimum absolute atomic E-state index is 0.132. The maximum Gasteiger partial charge on any atom is 0.410 e. The van der Waals surface area contributed by atoms with Crippen LogP contribution in [0.2, 0.25) is 0 Å². The van der Waals surface area contributed by atoms with Gasteiger partial charge in [0.1, 0.15) is 5.60 Å². The number of halogens is 1. The zero-order valence-corrected chi connectivity index (χ0v) is 21.7. The fourth-order valence-corrected chi connectivity index (χ4v) is 4.03. The number of amides is 4. The molecule has 0 spiro atoms. The first kappa shape index (κ1) is 28.2. The molecule has 1 unspecified atom stereocenters. The van der Waals surface area contributed by atoms with Crippen LogP contribution in [0.1, 0.15) is 39.2 Å². The highest BCUT2D eigenvalue weighted by Gasteiger charge is 2.27. The first-order valence-corrected chi connectivity index (χ1v) is 11.9. The summed E-state index contributed by atoms with van der Waals surface area (Å²) in [6.07, 6.45) is 1.46. The van der Waals surface area contributed by atoms with Gasteiger partial charge in [0, 0.05) is 40.3 Å². The molecule has 0 aromatic heterocycles. The van der Waals surface area contributed by atoms with Gasteiger partial charge in [-0.15, -0.1) is 0 Å². The second-order valence-corrected chi connectivity index (χ2v) is 9.96. The van der Waals surface area contributed by atoms with Crippen LogP contribution >= 0.6 is 0 Å². The Kier molecular flexibility index (Phi) is 10.2. The number of likely N-dealkylation sites (tertiary alicyclic amines) is 1. The lowest BCUT2D eigenvalue weighted by Crippen LogP contribution is -2.48. The molecule has 1 aromatic rings. The van der Waals surface area contributed by atoms with Gasteiger partial charge in [0.15, 0.2) is 11.6 Å². The molecule has 1 heterocycles. The second-order valence-electron chi connectivity index (χ2n) is 9.96. The van der Waals surface area contributed by atoms with Crippen LogP contribution in [0.25, 0.3) is 0 Å². The highest BCUT2D eigenvalue weighted by atomic mass is 19.1. The first-order valence-electron chi connectivity index (χ1n) is 11.9. The number of nitrogens with zero attached hydrogens (tertiary/aromatic N) is 2. The molecule has 0 saturated carbocycles. The van der Waals surface area contributed by atoms with Gasteiger partial charge in [-0.3, -0.25) is 4.79 Å². The summed E-state index contributed by atoms with van der Waals surface area (Å²) in [5.41, 5.74) is 0.0991. The molecule has 1 aromatic carbocycles. The van der Waals surface area contributed by atoms with Crippen molar-refractivity contribution >= 4 is 18.0 Å². The minimum atomic E-state index is -0.545. The quantitative estimate of drug-likeness (QED) is 0.579. The Labute approximate surface area is 207 Å². The van der Waals surface area contributed by atoms with E-state index in [1.807, 2.05) is 20.8 Å². The molecule has 1 aliphatic heterocycles. The topological polar surface area (TPSA) is 100 Å². The van der Waals surface area contributed by atoms with Crippen molar-refractivity contribution in [1.29, 1.82) is 0 Å². The number of urea groups is 1. The summed E-state index contributed by atoms with van der Waals surface area (Å²) in [7, 11) is 4.65. The van der Waals surface area contributed by atoms with Crippen LogP contribution in [-0.2, 0) is 16.0 Å². The molecule has 1 aliphatic rings. The predicted octanol–water partition coefficient (Wildman–Crippen LogP) is 3.03. The number of hydrogen-bond acceptors (Lipinski definition) is 5. The molecular weight excluding hydrogens is 455 g/mol. The van der Waals surface area contributed by atoms with Crippen LogP contribution in [0, 0.1) is 17.7 Å². The number of ether oxygens (including phenoxy) is 2. The monoisotopic (exact) mass is 494 g/mol. The summed E-state index contributed by atoms with van der Waals surface area (Å²) in [6.45, 7) is 7.33. The average molecular weight is 495 g/mol. The van der Waals surface area contributed by atoms with E-state index in [1.54, 1.807) is 22.9 Å². The molecule has 0 radical (unpaired) electrons. The van der Waals surface area contributed by atoms with Crippen molar-refractivity contribution in [2.45, 2.75) is 45.6 Å². The molecule has 4 amide bonds. The van der Waals surface area contributed by atoms with Crippen LogP contribution < -0.4 is 15.4 Å². The Morgan fingerprint density at radius 3 is 2.43 bits per heavy atom. The Hall–Kier alpha value is -3.04. The van der Waals surface area contributed by atoms with E-state index in [1.165, 1.54) is 26.3 Å². The summed E-state index contributed by atoms with van der Waals surface area (Å²) in [5, 5.41) is 5.46. The predicted molar refractivity (Wildman–Crippen MR) is 131 cm³/mol. The molecule has 1 saturated heterocycles. The minimum Gasteiger partial charge on any atom is -0.494 e. The fraction of sp³-hybridized carbons (Fsp3) is 0.640. The lowest BCUT2D eigenvalue weighted by Gasteiger charge is -2.34. The van der Waals surface area contributed by atoms with Gasteiger partial charge in [-0.25, -0.2) is 14.0 Å². The van der Waals surface area contributed by atoms with E-state index < -0.39 is 17.3 Å². The summed E-state index contributed by atoms with van der Waals surface area (Å²) < 4.78 is 24.4. The van der Waals surface area contributed by atoms with Gasteiger partial charge < -0.3 is 29.9 Å². The van der Waals surface area contributed by atoms with Crippen LogP contribution in [0.5, 0.6) is 5.75 Å². The molecule has 1 atom stereocenters. The third kappa shape index (κ3) is 8.92. The first-order chi connectivity index (χ1) is 16.4. The number of nitrogens with one attached hydrogen (secondary N) is 2. The second kappa shape index (κ2) is 12.6. The summed E-state index contributed by atoms with van der Waals surface area (Å²) in [4.78, 5) is 40.6. The van der Waals surface area contributed by atoms with Crippen LogP contribution in [0.15, 0.2) is 18.2 Å². The van der Waals surface area contributed by atoms with Crippen molar-refractivity contribution in [2.24, 2.45) is 11.8 Å². The smallest absolute Gasteiger partial charge is 0.410 e. The van der Waals surface area contributed by atoms with E-state index in [4.69, 9.17) is 9.47 Å². The molecule has 2 N–H and O–H groups in total. The normalized spacial score (nSPS) is 15.2. The molecule has 10 heteroatoms. The van der Waals surface area contributed by atoms with Crippen molar-refractivity contribution < 1.29 is 28.2 Å². The van der Waals surface area contributed by atoms with Gasteiger partial charge in [0.05, 0.1) is 13.0 Å². The van der Waals surface area contributed by atoms with Gasteiger partial charge in [-0.2, -0.15) is 0 Å². The fourth-order valence-electron chi connectivity index (χ4n) is 4.03. The number of benzene rings is 1. The van der Waals surface area contributed by atoms with E-state index in [0.29, 0.717) is 25.2 Å². The van der Waals surface area contributed by atoms with Crippen LogP contribution in [0.4, 0.5) is 14.0 Å². The number of methoxy groups -OCH3 is 1. The van der Waals surface area contributed by atoms with Crippen LogP contribution in [-0.4, -0.2) is 80.8 Å². The number of piperidine rings is 1. The standard InChI is InChI=1S/C25H39FN4O5/c1-25(2,3)35-24(33)29(5)16-17-9-11-30(12-10-17)23(32)28-15-19(22(31)27-4)13-18-7-8-21(34-6)20(26)14-18/h7-8,14,17,19H,9-13,15-16H2,1-6H3,(H,27,31)(H,28,32). The molecule has 1 fully saturated rings. The van der Waals surface area contributed by atoms with E-state index >= 15 is 0 Å². The number of rotatable bonds is 8. The Balaban J connectivity index is 1.84. The Morgan fingerprint density at radius 1 is 1.23 bits per heavy atom. The van der Waals surface area contributed by atoms with Gasteiger partial charge in [-0.05, 0) is 63.6 Å². The van der Waals surface area contributed by atoms with E-state index in [-0.39, 0.29) is 42.7 Å². The van der Waals surface area contributed by atoms with Crippen molar-refractivity contribution in [3.8, 4) is 5.75 Å². The molecule has 9 nitrogen and oxygen atoms in total. The van der Waals surface area contributed by atoms with Gasteiger partial charge in [0.25, 0.3) is 0 Å². The molecule has 35 heavy (non-hydrogen) atoms. The van der Waals surface area contributed by atoms with Crippen LogP contribution in [0.3, 0.4) is 0 Å². The molecule has 0 aliphatic carbocycles. The third-order valence-corrected chi connectivity index (χ3v) is 5.95. The zero-order valence-electron chi connectivity index (χ0n) is 21.7. The van der Waals surface area contributed by atoms with Gasteiger partial charge in [-0.1, -0.05) is 6.07 Å². The number of hydrogen-bond donors (Lipinski definition) is 2. The van der Waals surface area contributed by atoms with E-state index in [2.05, 4.69) is 10.6 Å². The molecule has 196 valence electrons. The molecule has 0 bridgehead atoms. The average Bonchev–Trinajstić information content (AvgIpc) is 2.80. The van der Waals surface area contributed by atoms with E-state index in [0.717, 1.165) is 12.8 Å². The van der Waals surface area contributed by atoms with Crippen molar-refractivity contribution in [2.75, 3.05) is 47.4 Å². The molecular formula is C25H39FN4O5. The third-order valence-electron chi connectivity index (χ3n) is 5.95. The van der Waals surface area contributed by atoms with E-state index in [9.17, 15) is 18.8 Å². The summed E-state index contributed by atoms with van der Waals surface area (Å²) >= 11 is 0. The maximum absolute atomic E-state index is 14.0. The SMILES string of the molecule is CNC(=O)C(CNC(=O)N1CCC(CN(C)C(=O)OC(C)(C)C)CC1)Cc1ccc(OC)c(F)c1. The molecule has 2 rings (SSSR count). The Bertz CT molecular complexity index is 881. The maximum atomic E-state index is 14.0. The van der Waals surface area contributed by atoms with Crippen molar-refractivity contribution in [3.63, 3.8) is 0 Å².